The van der Waals surface area contributed by atoms with Gasteiger partial charge in [0.15, 0.2) is 0 Å². The van der Waals surface area contributed by atoms with Crippen LogP contribution in [0.1, 0.15) is 41.6 Å². The van der Waals surface area contributed by atoms with E-state index in [4.69, 9.17) is 11.6 Å². The molecule has 0 radical (unpaired) electrons. The molecule has 0 spiro atoms. The van der Waals surface area contributed by atoms with Gasteiger partial charge in [-0.2, -0.15) is 0 Å². The maximum absolute atomic E-state index is 12.7. The molecule has 122 valence electrons. The van der Waals surface area contributed by atoms with E-state index < -0.39 is 0 Å². The SMILES string of the molecule is Cc1ccc(Cl)cc1C(=O)N1CCC(C2CCCN2)CC1.Cl. The predicted molar refractivity (Wildman–Crippen MR) is 93.1 cm³/mol. The fourth-order valence-electron chi connectivity index (χ4n) is 3.61. The van der Waals surface area contributed by atoms with Crippen molar-refractivity contribution >= 4 is 29.9 Å². The van der Waals surface area contributed by atoms with Crippen molar-refractivity contribution in [2.24, 2.45) is 5.92 Å². The summed E-state index contributed by atoms with van der Waals surface area (Å²) in [6.07, 6.45) is 4.82. The molecular formula is C17H24Cl2N2O. The molecule has 1 N–H and O–H groups in total. The predicted octanol–water partition coefficient (Wildman–Crippen LogP) is 3.67. The van der Waals surface area contributed by atoms with E-state index in [-0.39, 0.29) is 18.3 Å². The van der Waals surface area contributed by atoms with Crippen molar-refractivity contribution in [2.45, 2.75) is 38.6 Å². The third kappa shape index (κ3) is 3.76. The fourth-order valence-corrected chi connectivity index (χ4v) is 3.79. The van der Waals surface area contributed by atoms with Crippen molar-refractivity contribution in [2.75, 3.05) is 19.6 Å². The number of nitrogens with zero attached hydrogens (tertiary/aromatic N) is 1. The van der Waals surface area contributed by atoms with Crippen molar-refractivity contribution in [1.29, 1.82) is 0 Å². The van der Waals surface area contributed by atoms with Gasteiger partial charge in [0.05, 0.1) is 0 Å². The first kappa shape index (κ1) is 17.6. The van der Waals surface area contributed by atoms with Crippen LogP contribution in [0.15, 0.2) is 18.2 Å². The first-order valence-electron chi connectivity index (χ1n) is 7.94. The van der Waals surface area contributed by atoms with Gasteiger partial charge in [-0.25, -0.2) is 0 Å². The van der Waals surface area contributed by atoms with Crippen molar-refractivity contribution in [1.82, 2.24) is 10.2 Å². The minimum absolute atomic E-state index is 0. The number of aryl methyl sites for hydroxylation is 1. The summed E-state index contributed by atoms with van der Waals surface area (Å²) >= 11 is 6.03. The molecule has 0 saturated carbocycles. The first-order chi connectivity index (χ1) is 10.1. The van der Waals surface area contributed by atoms with Crippen LogP contribution in [0.2, 0.25) is 5.02 Å². The van der Waals surface area contributed by atoms with Gasteiger partial charge in [-0.15, -0.1) is 12.4 Å². The molecule has 2 aliphatic rings. The Hall–Kier alpha value is -0.770. The summed E-state index contributed by atoms with van der Waals surface area (Å²) in [6, 6.07) is 6.23. The van der Waals surface area contributed by atoms with Crippen molar-refractivity contribution < 1.29 is 4.79 Å². The molecule has 1 atom stereocenters. The number of hydrogen-bond acceptors (Lipinski definition) is 2. The maximum atomic E-state index is 12.7. The summed E-state index contributed by atoms with van der Waals surface area (Å²) in [6.45, 7) is 4.87. The number of benzene rings is 1. The number of hydrogen-bond donors (Lipinski definition) is 1. The average molecular weight is 343 g/mol. The summed E-state index contributed by atoms with van der Waals surface area (Å²) < 4.78 is 0. The molecule has 22 heavy (non-hydrogen) atoms. The highest BCUT2D eigenvalue weighted by atomic mass is 35.5. The summed E-state index contributed by atoms with van der Waals surface area (Å²) in [5.41, 5.74) is 1.75. The normalized spacial score (nSPS) is 22.5. The zero-order chi connectivity index (χ0) is 14.8. The van der Waals surface area contributed by atoms with Gasteiger partial charge in [-0.1, -0.05) is 17.7 Å². The number of carbonyl (C=O) groups excluding carboxylic acids is 1. The van der Waals surface area contributed by atoms with Crippen LogP contribution in [0.4, 0.5) is 0 Å². The van der Waals surface area contributed by atoms with Gasteiger partial charge in [0.25, 0.3) is 5.91 Å². The molecule has 3 nitrogen and oxygen atoms in total. The Morgan fingerprint density at radius 2 is 2.00 bits per heavy atom. The van der Waals surface area contributed by atoms with Crippen LogP contribution in [0, 0.1) is 12.8 Å². The number of carbonyl (C=O) groups is 1. The highest BCUT2D eigenvalue weighted by molar-refractivity contribution is 6.31. The Bertz CT molecular complexity index is 521. The van der Waals surface area contributed by atoms with Gasteiger partial charge >= 0.3 is 0 Å². The number of piperidine rings is 1. The van der Waals surface area contributed by atoms with Crippen LogP contribution >= 0.6 is 24.0 Å². The van der Waals surface area contributed by atoms with Crippen LogP contribution in [0.5, 0.6) is 0 Å². The lowest BCUT2D eigenvalue weighted by atomic mass is 9.88. The van der Waals surface area contributed by atoms with E-state index in [0.717, 1.165) is 49.5 Å². The molecular weight excluding hydrogens is 319 g/mol. The first-order valence-corrected chi connectivity index (χ1v) is 8.32. The number of amides is 1. The van der Waals surface area contributed by atoms with Crippen LogP contribution in [-0.4, -0.2) is 36.5 Å². The molecule has 2 heterocycles. The molecule has 5 heteroatoms. The van der Waals surface area contributed by atoms with Gasteiger partial charge in [-0.3, -0.25) is 4.79 Å². The summed E-state index contributed by atoms with van der Waals surface area (Å²) in [5, 5.41) is 4.23. The van der Waals surface area contributed by atoms with Crippen LogP contribution in [0.3, 0.4) is 0 Å². The van der Waals surface area contributed by atoms with Crippen LogP contribution in [-0.2, 0) is 0 Å². The van der Waals surface area contributed by atoms with Crippen molar-refractivity contribution in [3.05, 3.63) is 34.3 Å². The Balaban J connectivity index is 0.00000176. The van der Waals surface area contributed by atoms with Crippen molar-refractivity contribution in [3.63, 3.8) is 0 Å². The molecule has 1 aromatic rings. The Morgan fingerprint density at radius 3 is 2.64 bits per heavy atom. The van der Waals surface area contributed by atoms with Gasteiger partial charge in [0, 0.05) is 29.7 Å². The second-order valence-electron chi connectivity index (χ2n) is 6.29. The molecule has 0 bridgehead atoms. The van der Waals surface area contributed by atoms with E-state index >= 15 is 0 Å². The minimum Gasteiger partial charge on any atom is -0.339 e. The number of rotatable bonds is 2. The lowest BCUT2D eigenvalue weighted by molar-refractivity contribution is 0.0673. The van der Waals surface area contributed by atoms with E-state index in [0.29, 0.717) is 11.1 Å². The van der Waals surface area contributed by atoms with Crippen LogP contribution in [0.25, 0.3) is 0 Å². The zero-order valence-corrected chi connectivity index (χ0v) is 14.6. The monoisotopic (exact) mass is 342 g/mol. The van der Waals surface area contributed by atoms with Gasteiger partial charge in [-0.05, 0) is 62.8 Å². The average Bonchev–Trinajstić information content (AvgIpc) is 3.03. The van der Waals surface area contributed by atoms with E-state index in [9.17, 15) is 4.79 Å². The molecule has 1 unspecified atom stereocenters. The number of likely N-dealkylation sites (tertiary alicyclic amines) is 1. The largest absolute Gasteiger partial charge is 0.339 e. The quantitative estimate of drug-likeness (QED) is 0.889. The zero-order valence-electron chi connectivity index (χ0n) is 13.0. The highest BCUT2D eigenvalue weighted by Gasteiger charge is 2.30. The van der Waals surface area contributed by atoms with Crippen LogP contribution < -0.4 is 5.32 Å². The highest BCUT2D eigenvalue weighted by Crippen LogP contribution is 2.27. The fraction of sp³-hybridized carbons (Fsp3) is 0.588. The van der Waals surface area contributed by atoms with Gasteiger partial charge in [0.2, 0.25) is 0 Å². The minimum atomic E-state index is 0. The lowest BCUT2D eigenvalue weighted by Gasteiger charge is -2.35. The topological polar surface area (TPSA) is 32.3 Å². The maximum Gasteiger partial charge on any atom is 0.254 e. The number of halogens is 2. The third-order valence-corrected chi connectivity index (χ3v) is 5.16. The molecule has 2 saturated heterocycles. The Kier molecular flexibility index (Phi) is 6.13. The summed E-state index contributed by atoms with van der Waals surface area (Å²) in [7, 11) is 0. The standard InChI is InChI=1S/C17H23ClN2O.ClH/c1-12-4-5-14(18)11-15(12)17(21)20-9-6-13(7-10-20)16-3-2-8-19-16;/h4-5,11,13,16,19H,2-3,6-10H2,1H3;1H. The Morgan fingerprint density at radius 1 is 1.27 bits per heavy atom. The van der Waals surface area contributed by atoms with E-state index in [1.165, 1.54) is 12.8 Å². The summed E-state index contributed by atoms with van der Waals surface area (Å²) in [5.74, 6) is 0.866. The molecule has 2 aliphatic heterocycles. The second kappa shape index (κ2) is 7.67. The summed E-state index contributed by atoms with van der Waals surface area (Å²) in [4.78, 5) is 14.6. The van der Waals surface area contributed by atoms with E-state index in [2.05, 4.69) is 5.32 Å². The molecule has 0 aliphatic carbocycles. The second-order valence-corrected chi connectivity index (χ2v) is 6.73. The number of nitrogens with one attached hydrogen (secondary N) is 1. The molecule has 0 aromatic heterocycles. The Labute approximate surface area is 143 Å². The van der Waals surface area contributed by atoms with Crippen molar-refractivity contribution in [3.8, 4) is 0 Å². The van der Waals surface area contributed by atoms with E-state index in [1.807, 2.05) is 24.0 Å². The lowest BCUT2D eigenvalue weighted by Crippen LogP contribution is -2.43. The van der Waals surface area contributed by atoms with Gasteiger partial charge in [0.1, 0.15) is 0 Å². The molecule has 1 aromatic carbocycles. The molecule has 3 rings (SSSR count). The van der Waals surface area contributed by atoms with Gasteiger partial charge < -0.3 is 10.2 Å². The smallest absolute Gasteiger partial charge is 0.254 e. The molecule has 1 amide bonds. The third-order valence-electron chi connectivity index (χ3n) is 4.92. The van der Waals surface area contributed by atoms with E-state index in [1.54, 1.807) is 6.07 Å². The molecule has 2 fully saturated rings.